The molecule has 0 amide bonds. The molecule has 21 heavy (non-hydrogen) atoms. The number of anilines is 1. The minimum atomic E-state index is 0.432. The van der Waals surface area contributed by atoms with E-state index >= 15 is 0 Å². The Morgan fingerprint density at radius 2 is 2.05 bits per heavy atom. The normalized spacial score (nSPS) is 11.1. The Kier molecular flexibility index (Phi) is 4.43. The highest BCUT2D eigenvalue weighted by Gasteiger charge is 2.17. The molecule has 0 radical (unpaired) electrons. The summed E-state index contributed by atoms with van der Waals surface area (Å²) in [6.45, 7) is 5.54. The zero-order valence-electron chi connectivity index (χ0n) is 13.1. The van der Waals surface area contributed by atoms with Gasteiger partial charge >= 0.3 is 0 Å². The molecule has 0 aliphatic carbocycles. The molecule has 0 spiro atoms. The van der Waals surface area contributed by atoms with Crippen molar-refractivity contribution in [1.29, 1.82) is 0 Å². The Morgan fingerprint density at radius 1 is 1.33 bits per heavy atom. The summed E-state index contributed by atoms with van der Waals surface area (Å²) in [6.07, 6.45) is 0.795. The number of hydrogen-bond acceptors (Lipinski definition) is 4. The third kappa shape index (κ3) is 3.13. The van der Waals surface area contributed by atoms with Crippen molar-refractivity contribution in [2.45, 2.75) is 20.4 Å². The number of likely N-dealkylation sites (N-methyl/N-ethyl adjacent to an activating group) is 1. The second-order valence-corrected chi connectivity index (χ2v) is 5.61. The number of nitrogen functional groups attached to an aromatic ring is 1. The molecule has 0 fully saturated rings. The van der Waals surface area contributed by atoms with Crippen LogP contribution in [0.5, 0.6) is 0 Å². The lowest BCUT2D eigenvalue weighted by Crippen LogP contribution is -2.20. The number of aldehydes is 1. The summed E-state index contributed by atoms with van der Waals surface area (Å²) in [6, 6.07) is 6.10. The first kappa shape index (κ1) is 15.3. The number of benzene rings is 1. The number of carbonyl (C=O) groups excluding carboxylic acids is 1. The van der Waals surface area contributed by atoms with Crippen molar-refractivity contribution in [3.05, 3.63) is 34.9 Å². The van der Waals surface area contributed by atoms with E-state index in [2.05, 4.69) is 16.1 Å². The molecule has 0 saturated carbocycles. The number of rotatable bonds is 5. The SMILES string of the molecule is Cc1ccc(-c2nn(CCN(C)C)c(N)c2C=O)c(C)c1. The minimum Gasteiger partial charge on any atom is -0.383 e. The van der Waals surface area contributed by atoms with Gasteiger partial charge in [-0.2, -0.15) is 5.10 Å². The van der Waals surface area contributed by atoms with Crippen molar-refractivity contribution >= 4 is 12.1 Å². The Labute approximate surface area is 125 Å². The van der Waals surface area contributed by atoms with Gasteiger partial charge in [-0.1, -0.05) is 23.8 Å². The molecule has 0 aliphatic heterocycles. The van der Waals surface area contributed by atoms with Crippen molar-refractivity contribution in [1.82, 2.24) is 14.7 Å². The predicted octanol–water partition coefficient (Wildman–Crippen LogP) is 2.12. The zero-order chi connectivity index (χ0) is 15.6. The maximum Gasteiger partial charge on any atom is 0.156 e. The van der Waals surface area contributed by atoms with Gasteiger partial charge in [0.2, 0.25) is 0 Å². The van der Waals surface area contributed by atoms with E-state index in [0.29, 0.717) is 23.6 Å². The van der Waals surface area contributed by atoms with Gasteiger partial charge in [0.15, 0.2) is 6.29 Å². The van der Waals surface area contributed by atoms with Crippen LogP contribution in [0.2, 0.25) is 0 Å². The summed E-state index contributed by atoms with van der Waals surface area (Å²) in [5.41, 5.74) is 10.4. The monoisotopic (exact) mass is 286 g/mol. The van der Waals surface area contributed by atoms with Crippen LogP contribution >= 0.6 is 0 Å². The van der Waals surface area contributed by atoms with Crippen LogP contribution < -0.4 is 5.73 Å². The van der Waals surface area contributed by atoms with Crippen molar-refractivity contribution in [2.24, 2.45) is 0 Å². The summed E-state index contributed by atoms with van der Waals surface area (Å²) in [5.74, 6) is 0.432. The molecule has 1 aromatic heterocycles. The van der Waals surface area contributed by atoms with Gasteiger partial charge in [-0.15, -0.1) is 0 Å². The van der Waals surface area contributed by atoms with E-state index in [4.69, 9.17) is 5.73 Å². The highest BCUT2D eigenvalue weighted by molar-refractivity contribution is 5.92. The molecule has 2 aromatic rings. The smallest absolute Gasteiger partial charge is 0.156 e. The number of hydrogen-bond donors (Lipinski definition) is 1. The molecule has 1 aromatic carbocycles. The average Bonchev–Trinajstić information content (AvgIpc) is 2.72. The minimum absolute atomic E-state index is 0.432. The van der Waals surface area contributed by atoms with E-state index in [9.17, 15) is 4.79 Å². The summed E-state index contributed by atoms with van der Waals surface area (Å²) in [7, 11) is 3.98. The Bertz CT molecular complexity index is 659. The first-order valence-corrected chi connectivity index (χ1v) is 6.98. The molecular weight excluding hydrogens is 264 g/mol. The third-order valence-corrected chi connectivity index (χ3v) is 3.54. The van der Waals surface area contributed by atoms with E-state index in [1.165, 1.54) is 5.56 Å². The fourth-order valence-corrected chi connectivity index (χ4v) is 2.35. The van der Waals surface area contributed by atoms with E-state index in [1.807, 2.05) is 40.1 Å². The molecule has 2 rings (SSSR count). The Balaban J connectivity index is 2.48. The van der Waals surface area contributed by atoms with E-state index in [1.54, 1.807) is 4.68 Å². The lowest BCUT2D eigenvalue weighted by molar-refractivity contribution is 0.112. The van der Waals surface area contributed by atoms with Gasteiger partial charge in [-0.25, -0.2) is 4.68 Å². The summed E-state index contributed by atoms with van der Waals surface area (Å²) in [4.78, 5) is 13.5. The van der Waals surface area contributed by atoms with Crippen molar-refractivity contribution in [3.63, 3.8) is 0 Å². The van der Waals surface area contributed by atoms with Crippen LogP contribution in [-0.2, 0) is 6.54 Å². The van der Waals surface area contributed by atoms with Crippen LogP contribution in [0.1, 0.15) is 21.5 Å². The maximum absolute atomic E-state index is 11.4. The van der Waals surface area contributed by atoms with Crippen LogP contribution in [0.25, 0.3) is 11.3 Å². The number of aryl methyl sites for hydroxylation is 2. The first-order chi connectivity index (χ1) is 9.93. The lowest BCUT2D eigenvalue weighted by atomic mass is 10.0. The quantitative estimate of drug-likeness (QED) is 0.855. The van der Waals surface area contributed by atoms with Gasteiger partial charge in [0, 0.05) is 12.1 Å². The maximum atomic E-state index is 11.4. The van der Waals surface area contributed by atoms with Gasteiger partial charge < -0.3 is 10.6 Å². The highest BCUT2D eigenvalue weighted by Crippen LogP contribution is 2.28. The number of carbonyl (C=O) groups is 1. The number of nitrogens with two attached hydrogens (primary N) is 1. The molecule has 0 saturated heterocycles. The Morgan fingerprint density at radius 3 is 2.62 bits per heavy atom. The second kappa shape index (κ2) is 6.10. The molecular formula is C16H22N4O. The topological polar surface area (TPSA) is 64.2 Å². The van der Waals surface area contributed by atoms with Crippen LogP contribution in [0.15, 0.2) is 18.2 Å². The highest BCUT2D eigenvalue weighted by atomic mass is 16.1. The summed E-state index contributed by atoms with van der Waals surface area (Å²) < 4.78 is 1.71. The second-order valence-electron chi connectivity index (χ2n) is 5.61. The predicted molar refractivity (Wildman–Crippen MR) is 85.5 cm³/mol. The summed E-state index contributed by atoms with van der Waals surface area (Å²) >= 11 is 0. The molecule has 0 aliphatic rings. The molecule has 112 valence electrons. The van der Waals surface area contributed by atoms with Gasteiger partial charge in [0.1, 0.15) is 11.5 Å². The molecule has 0 bridgehead atoms. The molecule has 5 nitrogen and oxygen atoms in total. The third-order valence-electron chi connectivity index (χ3n) is 3.54. The average molecular weight is 286 g/mol. The molecule has 5 heteroatoms. The van der Waals surface area contributed by atoms with Gasteiger partial charge in [-0.3, -0.25) is 4.79 Å². The standard InChI is InChI=1S/C16H22N4O/c1-11-5-6-13(12(2)9-11)15-14(10-21)16(17)20(18-15)8-7-19(3)4/h5-6,9-10H,7-8,17H2,1-4H3. The van der Waals surface area contributed by atoms with E-state index in [-0.39, 0.29) is 0 Å². The van der Waals surface area contributed by atoms with Gasteiger partial charge in [0.05, 0.1) is 12.1 Å². The van der Waals surface area contributed by atoms with Crippen LogP contribution in [0.3, 0.4) is 0 Å². The fourth-order valence-electron chi connectivity index (χ4n) is 2.35. The largest absolute Gasteiger partial charge is 0.383 e. The van der Waals surface area contributed by atoms with Gasteiger partial charge in [-0.05, 0) is 33.5 Å². The zero-order valence-corrected chi connectivity index (χ0v) is 13.1. The fraction of sp³-hybridized carbons (Fsp3) is 0.375. The van der Waals surface area contributed by atoms with Gasteiger partial charge in [0.25, 0.3) is 0 Å². The van der Waals surface area contributed by atoms with Crippen LogP contribution in [0, 0.1) is 13.8 Å². The van der Waals surface area contributed by atoms with E-state index < -0.39 is 0 Å². The Hall–Kier alpha value is -2.14. The molecule has 0 unspecified atom stereocenters. The first-order valence-electron chi connectivity index (χ1n) is 6.98. The van der Waals surface area contributed by atoms with E-state index in [0.717, 1.165) is 24.0 Å². The number of aromatic nitrogens is 2. The molecule has 0 atom stereocenters. The van der Waals surface area contributed by atoms with Crippen LogP contribution in [0.4, 0.5) is 5.82 Å². The van der Waals surface area contributed by atoms with Crippen molar-refractivity contribution in [3.8, 4) is 11.3 Å². The van der Waals surface area contributed by atoms with Crippen molar-refractivity contribution < 1.29 is 4.79 Å². The van der Waals surface area contributed by atoms with Crippen LogP contribution in [-0.4, -0.2) is 41.6 Å². The molecule has 2 N–H and O–H groups in total. The van der Waals surface area contributed by atoms with Crippen molar-refractivity contribution in [2.75, 3.05) is 26.4 Å². The number of nitrogens with zero attached hydrogens (tertiary/aromatic N) is 3. The summed E-state index contributed by atoms with van der Waals surface area (Å²) in [5, 5.41) is 4.55. The molecule has 1 heterocycles. The lowest BCUT2D eigenvalue weighted by Gasteiger charge is -2.10.